The number of aromatic nitrogens is 1. The van der Waals surface area contributed by atoms with Crippen molar-refractivity contribution in [2.45, 2.75) is 13.0 Å². The Hall–Kier alpha value is -2.99. The second-order valence-corrected chi connectivity index (χ2v) is 11.7. The first-order valence-corrected chi connectivity index (χ1v) is 14.7. The molecule has 2 aromatic carbocycles. The summed E-state index contributed by atoms with van der Waals surface area (Å²) >= 11 is 6.48. The Bertz CT molecular complexity index is 1420. The van der Waals surface area contributed by atoms with E-state index in [0.717, 1.165) is 6.26 Å². The molecule has 1 amide bonds. The van der Waals surface area contributed by atoms with E-state index in [4.69, 9.17) is 25.8 Å². The average molecular weight is 566 g/mol. The summed E-state index contributed by atoms with van der Waals surface area (Å²) in [6.45, 7) is 4.85. The molecule has 4 rings (SSSR count). The number of halogens is 1. The molecule has 1 saturated heterocycles. The van der Waals surface area contributed by atoms with Crippen LogP contribution >= 0.6 is 11.6 Å². The van der Waals surface area contributed by atoms with Gasteiger partial charge < -0.3 is 29.2 Å². The van der Waals surface area contributed by atoms with E-state index in [-0.39, 0.29) is 24.1 Å². The minimum atomic E-state index is -3.49. The predicted octanol–water partition coefficient (Wildman–Crippen LogP) is 3.31. The molecule has 0 aliphatic carbocycles. The molecule has 1 unspecified atom stereocenters. The van der Waals surface area contributed by atoms with Gasteiger partial charge in [0.15, 0.2) is 11.5 Å². The van der Waals surface area contributed by atoms with Crippen LogP contribution in [0, 0.1) is 0 Å². The minimum Gasteiger partial charge on any atom is -0.494 e. The lowest BCUT2D eigenvalue weighted by atomic mass is 10.1. The minimum absolute atomic E-state index is 0.178. The van der Waals surface area contributed by atoms with Crippen LogP contribution < -0.4 is 14.8 Å². The highest BCUT2D eigenvalue weighted by molar-refractivity contribution is 7.90. The van der Waals surface area contributed by atoms with E-state index < -0.39 is 15.9 Å². The molecule has 1 atom stereocenters. The number of nitrogens with zero attached hydrogens (tertiary/aromatic N) is 2. The van der Waals surface area contributed by atoms with Crippen molar-refractivity contribution in [1.82, 2.24) is 9.47 Å². The zero-order valence-electron chi connectivity index (χ0n) is 21.6. The van der Waals surface area contributed by atoms with Gasteiger partial charge in [0.2, 0.25) is 11.8 Å². The largest absolute Gasteiger partial charge is 0.494 e. The smallest absolute Gasteiger partial charge is 0.238 e. The van der Waals surface area contributed by atoms with Crippen LogP contribution in [0.1, 0.15) is 18.5 Å². The van der Waals surface area contributed by atoms with E-state index in [0.29, 0.717) is 71.5 Å². The third-order valence-electron chi connectivity index (χ3n) is 6.34. The first-order chi connectivity index (χ1) is 18.1. The highest BCUT2D eigenvalue weighted by Crippen LogP contribution is 2.42. The second kappa shape index (κ2) is 11.8. The number of methoxy groups -OCH3 is 1. The molecule has 0 saturated carbocycles. The fourth-order valence-corrected chi connectivity index (χ4v) is 5.71. The summed E-state index contributed by atoms with van der Waals surface area (Å²) in [5.74, 6) is 0.203. The molecular weight excluding hydrogens is 534 g/mol. The monoisotopic (exact) mass is 565 g/mol. The van der Waals surface area contributed by atoms with Crippen molar-refractivity contribution in [3.63, 3.8) is 0 Å². The van der Waals surface area contributed by atoms with Crippen molar-refractivity contribution in [3.8, 4) is 17.4 Å². The third-order valence-corrected chi connectivity index (χ3v) is 7.59. The summed E-state index contributed by atoms with van der Waals surface area (Å²) in [4.78, 5) is 14.8. The van der Waals surface area contributed by atoms with Crippen LogP contribution in [0.4, 0.5) is 5.69 Å². The second-order valence-electron chi connectivity index (χ2n) is 9.13. The molecule has 0 radical (unpaired) electrons. The maximum atomic E-state index is 12.8. The number of sulfone groups is 1. The van der Waals surface area contributed by atoms with Crippen molar-refractivity contribution in [1.29, 1.82) is 0 Å². The Kier molecular flexibility index (Phi) is 8.71. The number of morpholine rings is 1. The average Bonchev–Trinajstić information content (AvgIpc) is 3.22. The van der Waals surface area contributed by atoms with Gasteiger partial charge in [-0.25, -0.2) is 8.42 Å². The number of carbonyl (C=O) groups excluding carboxylic acids is 1. The lowest BCUT2D eigenvalue weighted by molar-refractivity contribution is -0.118. The van der Waals surface area contributed by atoms with Gasteiger partial charge in [0, 0.05) is 30.9 Å². The van der Waals surface area contributed by atoms with Gasteiger partial charge in [0.25, 0.3) is 0 Å². The molecule has 1 aromatic heterocycles. The molecule has 38 heavy (non-hydrogen) atoms. The Morgan fingerprint density at radius 3 is 2.61 bits per heavy atom. The fourth-order valence-electron chi connectivity index (χ4n) is 4.58. The number of nitrogens with one attached hydrogen (secondary N) is 1. The Balaban J connectivity index is 1.76. The van der Waals surface area contributed by atoms with Crippen molar-refractivity contribution in [2.75, 3.05) is 63.9 Å². The summed E-state index contributed by atoms with van der Waals surface area (Å²) in [7, 11) is -1.97. The molecule has 1 aliphatic heterocycles. The molecule has 2 N–H and O–H groups in total. The maximum absolute atomic E-state index is 12.8. The van der Waals surface area contributed by atoms with Crippen LogP contribution in [0.5, 0.6) is 17.4 Å². The van der Waals surface area contributed by atoms with Crippen molar-refractivity contribution in [3.05, 3.63) is 47.1 Å². The van der Waals surface area contributed by atoms with E-state index in [1.807, 2.05) is 11.8 Å². The standard InChI is InChI=1S/C26H32ClN3O7S/c1-4-37-23-13-17(5-8-22(23)35-2)21(16-38(3,33)34)30-14-18-19(27)6-7-20(25(18)26(30)32)28-24(31)15-29-9-11-36-12-10-29/h5-8,13-14,21,32H,4,9-12,15-16H2,1-3H3,(H,28,31). The SMILES string of the molecule is CCOc1cc(C(CS(C)(=O)=O)n2cc3c(Cl)ccc(NC(=O)CN4CCOCC4)c3c2O)ccc1OC. The number of anilines is 1. The number of hydrogen-bond acceptors (Lipinski definition) is 8. The number of amides is 1. The normalized spacial score (nSPS) is 15.4. The number of hydrogen-bond donors (Lipinski definition) is 2. The van der Waals surface area contributed by atoms with E-state index in [1.54, 1.807) is 36.5 Å². The summed E-state index contributed by atoms with van der Waals surface area (Å²) in [5.41, 5.74) is 0.964. The first-order valence-electron chi connectivity index (χ1n) is 12.2. The van der Waals surface area contributed by atoms with Gasteiger partial charge in [-0.1, -0.05) is 17.7 Å². The van der Waals surface area contributed by atoms with Gasteiger partial charge in [-0.05, 0) is 36.8 Å². The lowest BCUT2D eigenvalue weighted by Crippen LogP contribution is -2.41. The summed E-state index contributed by atoms with van der Waals surface area (Å²) in [6.07, 6.45) is 2.74. The van der Waals surface area contributed by atoms with Gasteiger partial charge in [0.05, 0.1) is 61.4 Å². The maximum Gasteiger partial charge on any atom is 0.238 e. The molecule has 0 spiro atoms. The highest BCUT2D eigenvalue weighted by Gasteiger charge is 2.27. The van der Waals surface area contributed by atoms with E-state index in [2.05, 4.69) is 5.32 Å². The van der Waals surface area contributed by atoms with Crippen LogP contribution in [-0.4, -0.2) is 87.5 Å². The molecule has 206 valence electrons. The molecule has 1 fully saturated rings. The predicted molar refractivity (Wildman–Crippen MR) is 147 cm³/mol. The van der Waals surface area contributed by atoms with Crippen molar-refractivity contribution >= 4 is 43.8 Å². The van der Waals surface area contributed by atoms with Crippen LogP contribution in [-0.2, 0) is 19.4 Å². The summed E-state index contributed by atoms with van der Waals surface area (Å²) < 4.78 is 42.8. The number of rotatable bonds is 10. The molecular formula is C26H32ClN3O7S. The zero-order valence-corrected chi connectivity index (χ0v) is 23.1. The number of fused-ring (bicyclic) bond motifs is 1. The molecule has 10 nitrogen and oxygen atoms in total. The topological polar surface area (TPSA) is 119 Å². The first kappa shape index (κ1) is 28.0. The Labute approximate surface area is 226 Å². The third kappa shape index (κ3) is 6.35. The fraction of sp³-hybridized carbons (Fsp3) is 0.423. The van der Waals surface area contributed by atoms with Gasteiger partial charge >= 0.3 is 0 Å². The zero-order chi connectivity index (χ0) is 27.4. The van der Waals surface area contributed by atoms with Crippen LogP contribution in [0.2, 0.25) is 5.02 Å². The number of benzene rings is 2. The van der Waals surface area contributed by atoms with E-state index in [1.165, 1.54) is 11.7 Å². The van der Waals surface area contributed by atoms with Crippen molar-refractivity contribution < 1.29 is 32.5 Å². The van der Waals surface area contributed by atoms with E-state index in [9.17, 15) is 18.3 Å². The molecule has 2 heterocycles. The highest BCUT2D eigenvalue weighted by atomic mass is 35.5. The Morgan fingerprint density at radius 1 is 1.21 bits per heavy atom. The molecule has 12 heteroatoms. The number of carbonyl (C=O) groups is 1. The summed E-state index contributed by atoms with van der Waals surface area (Å²) in [5, 5.41) is 15.4. The van der Waals surface area contributed by atoms with Crippen LogP contribution in [0.3, 0.4) is 0 Å². The van der Waals surface area contributed by atoms with Crippen molar-refractivity contribution in [2.24, 2.45) is 0 Å². The molecule has 0 bridgehead atoms. The van der Waals surface area contributed by atoms with Crippen LogP contribution in [0.15, 0.2) is 36.5 Å². The quantitative estimate of drug-likeness (QED) is 0.384. The number of ether oxygens (including phenoxy) is 3. The van der Waals surface area contributed by atoms with E-state index >= 15 is 0 Å². The van der Waals surface area contributed by atoms with Crippen LogP contribution in [0.25, 0.3) is 10.8 Å². The molecule has 1 aliphatic rings. The van der Waals surface area contributed by atoms with Gasteiger partial charge in [-0.15, -0.1) is 0 Å². The lowest BCUT2D eigenvalue weighted by Gasteiger charge is -2.25. The van der Waals surface area contributed by atoms with Gasteiger partial charge in [-0.2, -0.15) is 0 Å². The number of aromatic hydroxyl groups is 1. The summed E-state index contributed by atoms with van der Waals surface area (Å²) in [6, 6.07) is 7.57. The molecule has 3 aromatic rings. The van der Waals surface area contributed by atoms with Gasteiger partial charge in [0.1, 0.15) is 9.84 Å². The Morgan fingerprint density at radius 2 is 1.95 bits per heavy atom. The van der Waals surface area contributed by atoms with Gasteiger partial charge in [-0.3, -0.25) is 9.69 Å².